The minimum Gasteiger partial charge on any atom is -0.373 e. The number of nitrogens with one attached hydrogen (secondary N) is 1. The summed E-state index contributed by atoms with van der Waals surface area (Å²) in [6.07, 6.45) is 7.94. The van der Waals surface area contributed by atoms with E-state index in [2.05, 4.69) is 5.32 Å². The van der Waals surface area contributed by atoms with Crippen LogP contribution in [0, 0.1) is 5.92 Å². The molecule has 0 aromatic carbocycles. The molecule has 3 rings (SSSR count). The second-order valence-electron chi connectivity index (χ2n) is 5.84. The van der Waals surface area contributed by atoms with Gasteiger partial charge in [0.2, 0.25) is 5.91 Å². The topological polar surface area (TPSA) is 64.4 Å². The molecule has 5 atom stereocenters. The van der Waals surface area contributed by atoms with Crippen molar-refractivity contribution < 1.29 is 9.53 Å². The predicted octanol–water partition coefficient (Wildman–Crippen LogP) is 0.940. The third-order valence-electron chi connectivity index (χ3n) is 4.62. The Bertz CT molecular complexity index is 308. The average Bonchev–Trinajstić information content (AvgIpc) is 2.96. The van der Waals surface area contributed by atoms with Gasteiger partial charge >= 0.3 is 0 Å². The minimum absolute atomic E-state index is 0.175. The highest BCUT2D eigenvalue weighted by atomic mass is 16.5. The van der Waals surface area contributed by atoms with Gasteiger partial charge in [0, 0.05) is 12.5 Å². The van der Waals surface area contributed by atoms with Crippen molar-refractivity contribution >= 4 is 5.91 Å². The zero-order chi connectivity index (χ0) is 11.8. The van der Waals surface area contributed by atoms with E-state index >= 15 is 0 Å². The number of hydrogen-bond donors (Lipinski definition) is 2. The van der Waals surface area contributed by atoms with Gasteiger partial charge in [-0.25, -0.2) is 0 Å². The molecule has 96 valence electrons. The van der Waals surface area contributed by atoms with E-state index in [1.165, 1.54) is 12.8 Å². The molecule has 0 aromatic rings. The molecule has 3 fully saturated rings. The number of carbonyl (C=O) groups excluding carboxylic acids is 1. The van der Waals surface area contributed by atoms with Crippen LogP contribution in [0.2, 0.25) is 0 Å². The Kier molecular flexibility index (Phi) is 3.09. The number of ether oxygens (including phenoxy) is 1. The van der Waals surface area contributed by atoms with Gasteiger partial charge in [-0.3, -0.25) is 4.79 Å². The van der Waals surface area contributed by atoms with Gasteiger partial charge in [-0.15, -0.1) is 0 Å². The van der Waals surface area contributed by atoms with E-state index in [1.54, 1.807) is 0 Å². The summed E-state index contributed by atoms with van der Waals surface area (Å²) in [7, 11) is 0. The van der Waals surface area contributed by atoms with E-state index in [9.17, 15) is 4.79 Å². The fraction of sp³-hybridized carbons (Fsp3) is 0.923. The van der Waals surface area contributed by atoms with Crippen LogP contribution < -0.4 is 11.1 Å². The molecule has 0 radical (unpaired) electrons. The van der Waals surface area contributed by atoms with Crippen LogP contribution in [-0.4, -0.2) is 30.2 Å². The zero-order valence-corrected chi connectivity index (χ0v) is 10.2. The van der Waals surface area contributed by atoms with Crippen LogP contribution in [0.5, 0.6) is 0 Å². The molecule has 17 heavy (non-hydrogen) atoms. The standard InChI is InChI=1S/C13H22N2O2/c14-10-3-1-2-8(10)6-13(16)15-11-7-9-4-5-12(11)17-9/h8-12H,1-7,14H2,(H,15,16)/t8-,9?,10+,11?,12?/m0/s1. The second-order valence-corrected chi connectivity index (χ2v) is 5.84. The van der Waals surface area contributed by atoms with Gasteiger partial charge in [0.15, 0.2) is 0 Å². The average molecular weight is 238 g/mol. The quantitative estimate of drug-likeness (QED) is 0.769. The van der Waals surface area contributed by atoms with E-state index in [-0.39, 0.29) is 24.1 Å². The summed E-state index contributed by atoms with van der Waals surface area (Å²) in [5, 5.41) is 3.14. The fourth-order valence-corrected chi connectivity index (χ4v) is 3.61. The third-order valence-corrected chi connectivity index (χ3v) is 4.62. The van der Waals surface area contributed by atoms with Crippen molar-refractivity contribution in [3.63, 3.8) is 0 Å². The third kappa shape index (κ3) is 2.33. The number of nitrogens with two attached hydrogens (primary N) is 1. The van der Waals surface area contributed by atoms with Crippen LogP contribution in [0.1, 0.15) is 44.9 Å². The van der Waals surface area contributed by atoms with Crippen LogP contribution in [-0.2, 0) is 9.53 Å². The molecular weight excluding hydrogens is 216 g/mol. The summed E-state index contributed by atoms with van der Waals surface area (Å²) in [4.78, 5) is 12.0. The van der Waals surface area contributed by atoms with Crippen molar-refractivity contribution in [1.29, 1.82) is 0 Å². The molecule has 3 N–H and O–H groups in total. The number of fused-ring (bicyclic) bond motifs is 2. The van der Waals surface area contributed by atoms with E-state index in [4.69, 9.17) is 10.5 Å². The normalized spacial score (nSPS) is 44.2. The van der Waals surface area contributed by atoms with Gasteiger partial charge in [0.1, 0.15) is 0 Å². The van der Waals surface area contributed by atoms with Gasteiger partial charge in [-0.05, 0) is 38.0 Å². The summed E-state index contributed by atoms with van der Waals surface area (Å²) in [6, 6.07) is 0.496. The zero-order valence-electron chi connectivity index (χ0n) is 10.2. The van der Waals surface area contributed by atoms with Gasteiger partial charge in [-0.1, -0.05) is 6.42 Å². The molecule has 3 unspecified atom stereocenters. The van der Waals surface area contributed by atoms with Crippen molar-refractivity contribution in [3.05, 3.63) is 0 Å². The first kappa shape index (κ1) is 11.5. The van der Waals surface area contributed by atoms with E-state index in [1.807, 2.05) is 0 Å². The molecule has 3 aliphatic rings. The van der Waals surface area contributed by atoms with Crippen LogP contribution in [0.25, 0.3) is 0 Å². The Hall–Kier alpha value is -0.610. The van der Waals surface area contributed by atoms with Gasteiger partial charge in [-0.2, -0.15) is 0 Å². The van der Waals surface area contributed by atoms with E-state index < -0.39 is 0 Å². The fourth-order valence-electron chi connectivity index (χ4n) is 3.61. The van der Waals surface area contributed by atoms with Crippen molar-refractivity contribution in [2.24, 2.45) is 11.7 Å². The first-order valence-corrected chi connectivity index (χ1v) is 6.93. The first-order chi connectivity index (χ1) is 8.22. The Balaban J connectivity index is 1.47. The highest BCUT2D eigenvalue weighted by Gasteiger charge is 2.41. The van der Waals surface area contributed by atoms with Crippen molar-refractivity contribution in [3.8, 4) is 0 Å². The smallest absolute Gasteiger partial charge is 0.220 e. The Labute approximate surface area is 102 Å². The molecule has 0 spiro atoms. The summed E-state index contributed by atoms with van der Waals surface area (Å²) in [5.41, 5.74) is 5.99. The summed E-state index contributed by atoms with van der Waals surface area (Å²) in [6.45, 7) is 0. The van der Waals surface area contributed by atoms with Crippen molar-refractivity contribution in [1.82, 2.24) is 5.32 Å². The SMILES string of the molecule is N[C@@H]1CCC[C@H]1CC(=O)NC1CC2CCC1O2. The van der Waals surface area contributed by atoms with E-state index in [0.29, 0.717) is 18.4 Å². The van der Waals surface area contributed by atoms with Crippen LogP contribution in [0.3, 0.4) is 0 Å². The Morgan fingerprint density at radius 1 is 1.29 bits per heavy atom. The monoisotopic (exact) mass is 238 g/mol. The molecule has 4 nitrogen and oxygen atoms in total. The lowest BCUT2D eigenvalue weighted by atomic mass is 9.94. The van der Waals surface area contributed by atoms with Gasteiger partial charge < -0.3 is 15.8 Å². The maximum absolute atomic E-state index is 12.0. The van der Waals surface area contributed by atoms with Gasteiger partial charge in [0.05, 0.1) is 18.2 Å². The maximum Gasteiger partial charge on any atom is 0.220 e. The Morgan fingerprint density at radius 3 is 2.76 bits per heavy atom. The summed E-state index contributed by atoms with van der Waals surface area (Å²) >= 11 is 0. The van der Waals surface area contributed by atoms with E-state index in [0.717, 1.165) is 25.7 Å². The van der Waals surface area contributed by atoms with Gasteiger partial charge in [0.25, 0.3) is 0 Å². The van der Waals surface area contributed by atoms with Crippen LogP contribution in [0.15, 0.2) is 0 Å². The molecule has 4 heteroatoms. The number of rotatable bonds is 3. The molecule has 2 heterocycles. The molecule has 2 saturated heterocycles. The van der Waals surface area contributed by atoms with Crippen molar-refractivity contribution in [2.75, 3.05) is 0 Å². The maximum atomic E-state index is 12.0. The molecule has 1 amide bonds. The molecule has 0 aromatic heterocycles. The second kappa shape index (κ2) is 4.58. The number of carbonyl (C=O) groups is 1. The molecule has 2 aliphatic heterocycles. The minimum atomic E-state index is 0.175. The number of amides is 1. The lowest BCUT2D eigenvalue weighted by Crippen LogP contribution is -2.42. The van der Waals surface area contributed by atoms with Crippen molar-refractivity contribution in [2.45, 2.75) is 69.2 Å². The Morgan fingerprint density at radius 2 is 2.18 bits per heavy atom. The summed E-state index contributed by atoms with van der Waals surface area (Å²) < 4.78 is 5.74. The largest absolute Gasteiger partial charge is 0.373 e. The molecule has 1 saturated carbocycles. The number of hydrogen-bond acceptors (Lipinski definition) is 3. The molecular formula is C13H22N2O2. The predicted molar refractivity (Wildman–Crippen MR) is 64.4 cm³/mol. The lowest BCUT2D eigenvalue weighted by Gasteiger charge is -2.22. The highest BCUT2D eigenvalue weighted by molar-refractivity contribution is 5.76. The molecule has 1 aliphatic carbocycles. The van der Waals surface area contributed by atoms with Crippen LogP contribution >= 0.6 is 0 Å². The summed E-state index contributed by atoms with van der Waals surface area (Å²) in [5.74, 6) is 0.572. The lowest BCUT2D eigenvalue weighted by molar-refractivity contribution is -0.123. The highest BCUT2D eigenvalue weighted by Crippen LogP contribution is 2.34. The van der Waals surface area contributed by atoms with Crippen LogP contribution in [0.4, 0.5) is 0 Å². The molecule has 2 bridgehead atoms. The first-order valence-electron chi connectivity index (χ1n) is 6.93.